The molecule has 2 rings (SSSR count). The Morgan fingerprint density at radius 2 is 2.05 bits per heavy atom. The lowest BCUT2D eigenvalue weighted by molar-refractivity contribution is 0.0877. The van der Waals surface area contributed by atoms with Crippen LogP contribution in [-0.2, 0) is 0 Å². The lowest BCUT2D eigenvalue weighted by Crippen LogP contribution is -2.47. The van der Waals surface area contributed by atoms with E-state index >= 15 is 0 Å². The minimum Gasteiger partial charge on any atom is -0.369 e. The van der Waals surface area contributed by atoms with Crippen molar-refractivity contribution >= 4 is 11.7 Å². The van der Waals surface area contributed by atoms with Crippen LogP contribution in [0.25, 0.3) is 0 Å². The van der Waals surface area contributed by atoms with E-state index in [-0.39, 0.29) is 11.4 Å². The first-order valence-corrected chi connectivity index (χ1v) is 7.01. The lowest BCUT2D eigenvalue weighted by atomic mass is 9.83. The molecule has 1 aliphatic rings. The molecule has 5 heteroatoms. The van der Waals surface area contributed by atoms with Crippen LogP contribution in [0.1, 0.15) is 56.4 Å². The van der Waals surface area contributed by atoms with Gasteiger partial charge in [-0.15, -0.1) is 0 Å². The van der Waals surface area contributed by atoms with Gasteiger partial charge in [0.05, 0.1) is 12.4 Å². The summed E-state index contributed by atoms with van der Waals surface area (Å²) in [7, 11) is 0. The number of nitrogens with zero attached hydrogens (tertiary/aromatic N) is 2. The fraction of sp³-hybridized carbons (Fsp3) is 0.643. The van der Waals surface area contributed by atoms with Crippen LogP contribution in [0.5, 0.6) is 0 Å². The molecule has 104 valence electrons. The summed E-state index contributed by atoms with van der Waals surface area (Å²) in [5.74, 6) is 0.514. The highest BCUT2D eigenvalue weighted by atomic mass is 16.2. The zero-order valence-electron chi connectivity index (χ0n) is 11.7. The molecular formula is C14H22N4O. The number of nitrogens with one attached hydrogen (secondary N) is 2. The van der Waals surface area contributed by atoms with Crippen molar-refractivity contribution in [3.05, 3.63) is 18.1 Å². The van der Waals surface area contributed by atoms with Crippen LogP contribution in [0.2, 0.25) is 0 Å². The molecule has 0 saturated heterocycles. The molecule has 1 fully saturated rings. The van der Waals surface area contributed by atoms with Crippen LogP contribution >= 0.6 is 0 Å². The first-order chi connectivity index (χ1) is 9.13. The van der Waals surface area contributed by atoms with Crippen molar-refractivity contribution in [2.45, 2.75) is 51.5 Å². The molecule has 1 aromatic heterocycles. The van der Waals surface area contributed by atoms with Gasteiger partial charge in [-0.05, 0) is 26.7 Å². The van der Waals surface area contributed by atoms with Gasteiger partial charge in [0.2, 0.25) is 0 Å². The Morgan fingerprint density at radius 3 is 2.74 bits per heavy atom. The van der Waals surface area contributed by atoms with Crippen molar-refractivity contribution in [1.29, 1.82) is 0 Å². The number of carbonyl (C=O) groups excluding carboxylic acids is 1. The predicted molar refractivity (Wildman–Crippen MR) is 75.2 cm³/mol. The molecule has 1 aliphatic carbocycles. The van der Waals surface area contributed by atoms with Crippen molar-refractivity contribution in [1.82, 2.24) is 15.3 Å². The molecule has 5 nitrogen and oxygen atoms in total. The van der Waals surface area contributed by atoms with Gasteiger partial charge >= 0.3 is 0 Å². The third kappa shape index (κ3) is 3.66. The monoisotopic (exact) mass is 262 g/mol. The Hall–Kier alpha value is -1.65. The van der Waals surface area contributed by atoms with Crippen LogP contribution in [0, 0.1) is 0 Å². The van der Waals surface area contributed by atoms with Crippen molar-refractivity contribution in [2.24, 2.45) is 0 Å². The summed E-state index contributed by atoms with van der Waals surface area (Å²) in [5.41, 5.74) is 0.288. The number of aromatic nitrogens is 2. The maximum absolute atomic E-state index is 12.2. The second-order valence-corrected chi connectivity index (χ2v) is 5.40. The van der Waals surface area contributed by atoms with Crippen molar-refractivity contribution in [2.75, 3.05) is 11.9 Å². The smallest absolute Gasteiger partial charge is 0.271 e. The Bertz CT molecular complexity index is 441. The fourth-order valence-electron chi connectivity index (χ4n) is 2.54. The molecule has 0 spiro atoms. The van der Waals surface area contributed by atoms with Gasteiger partial charge in [-0.1, -0.05) is 19.3 Å². The molecule has 0 aromatic carbocycles. The van der Waals surface area contributed by atoms with Gasteiger partial charge in [-0.25, -0.2) is 4.98 Å². The first-order valence-electron chi connectivity index (χ1n) is 7.01. The average molecular weight is 262 g/mol. The first kappa shape index (κ1) is 13.8. The van der Waals surface area contributed by atoms with E-state index in [1.165, 1.54) is 25.5 Å². The summed E-state index contributed by atoms with van der Waals surface area (Å²) >= 11 is 0. The van der Waals surface area contributed by atoms with Crippen LogP contribution in [0.3, 0.4) is 0 Å². The van der Waals surface area contributed by atoms with E-state index in [4.69, 9.17) is 0 Å². The molecule has 19 heavy (non-hydrogen) atoms. The summed E-state index contributed by atoms with van der Waals surface area (Å²) in [5, 5.41) is 6.17. The second kappa shape index (κ2) is 5.99. The van der Waals surface area contributed by atoms with Gasteiger partial charge in [0.25, 0.3) is 5.91 Å². The molecule has 1 amide bonds. The maximum atomic E-state index is 12.2. The number of hydrogen-bond donors (Lipinski definition) is 2. The standard InChI is InChI=1S/C14H22N4O/c1-3-16-12-10-15-9-11(17-12)13(19)18-14(2)7-5-4-6-8-14/h9-10H,3-8H2,1-2H3,(H,16,17)(H,18,19). The zero-order valence-corrected chi connectivity index (χ0v) is 11.7. The van der Waals surface area contributed by atoms with Gasteiger partial charge in [0, 0.05) is 12.1 Å². The number of carbonyl (C=O) groups is 1. The number of rotatable bonds is 4. The highest BCUT2D eigenvalue weighted by Crippen LogP contribution is 2.27. The second-order valence-electron chi connectivity index (χ2n) is 5.40. The third-order valence-electron chi connectivity index (χ3n) is 3.60. The Labute approximate surface area is 114 Å². The largest absolute Gasteiger partial charge is 0.369 e. The fourth-order valence-corrected chi connectivity index (χ4v) is 2.54. The summed E-state index contributed by atoms with van der Waals surface area (Å²) < 4.78 is 0. The van der Waals surface area contributed by atoms with Gasteiger partial charge in [0.1, 0.15) is 11.5 Å². The number of anilines is 1. The predicted octanol–water partition coefficient (Wildman–Crippen LogP) is 2.36. The molecule has 0 atom stereocenters. The van der Waals surface area contributed by atoms with E-state index in [0.717, 1.165) is 19.4 Å². The SMILES string of the molecule is CCNc1cncc(C(=O)NC2(C)CCCCC2)n1. The van der Waals surface area contributed by atoms with Crippen LogP contribution in [-0.4, -0.2) is 28.0 Å². The number of amides is 1. The van der Waals surface area contributed by atoms with Gasteiger partial charge in [-0.3, -0.25) is 9.78 Å². The van der Waals surface area contributed by atoms with Crippen molar-refractivity contribution in [3.8, 4) is 0 Å². The van der Waals surface area contributed by atoms with E-state index < -0.39 is 0 Å². The minimum atomic E-state index is -0.128. The Kier molecular flexibility index (Phi) is 4.35. The molecule has 1 heterocycles. The maximum Gasteiger partial charge on any atom is 0.271 e. The van der Waals surface area contributed by atoms with Gasteiger partial charge in [0.15, 0.2) is 0 Å². The van der Waals surface area contributed by atoms with Crippen LogP contribution in [0.4, 0.5) is 5.82 Å². The summed E-state index contributed by atoms with van der Waals surface area (Å²) in [4.78, 5) is 20.6. The molecule has 0 unspecified atom stereocenters. The van der Waals surface area contributed by atoms with E-state index in [0.29, 0.717) is 11.5 Å². The summed E-state index contributed by atoms with van der Waals surface area (Å²) in [6.07, 6.45) is 8.85. The van der Waals surface area contributed by atoms with Crippen LogP contribution in [0.15, 0.2) is 12.4 Å². The highest BCUT2D eigenvalue weighted by Gasteiger charge is 2.29. The molecule has 1 aromatic rings. The molecule has 0 radical (unpaired) electrons. The topological polar surface area (TPSA) is 66.9 Å². The quantitative estimate of drug-likeness (QED) is 0.874. The molecule has 0 bridgehead atoms. The van der Waals surface area contributed by atoms with E-state index in [9.17, 15) is 4.79 Å². The highest BCUT2D eigenvalue weighted by molar-refractivity contribution is 5.92. The minimum absolute atomic E-state index is 0.0921. The molecule has 1 saturated carbocycles. The summed E-state index contributed by atoms with van der Waals surface area (Å²) in [6.45, 7) is 4.86. The average Bonchev–Trinajstić information content (AvgIpc) is 2.40. The normalized spacial score (nSPS) is 17.8. The van der Waals surface area contributed by atoms with Crippen molar-refractivity contribution < 1.29 is 4.79 Å². The third-order valence-corrected chi connectivity index (χ3v) is 3.60. The molecule has 2 N–H and O–H groups in total. The van der Waals surface area contributed by atoms with Crippen LogP contribution < -0.4 is 10.6 Å². The van der Waals surface area contributed by atoms with E-state index in [2.05, 4.69) is 27.5 Å². The van der Waals surface area contributed by atoms with E-state index in [1.807, 2.05) is 6.92 Å². The van der Waals surface area contributed by atoms with Gasteiger partial charge < -0.3 is 10.6 Å². The Morgan fingerprint density at radius 1 is 1.32 bits per heavy atom. The lowest BCUT2D eigenvalue weighted by Gasteiger charge is -2.34. The summed E-state index contributed by atoms with van der Waals surface area (Å²) in [6, 6.07) is 0. The number of hydrogen-bond acceptors (Lipinski definition) is 4. The molecular weight excluding hydrogens is 240 g/mol. The zero-order chi connectivity index (χ0) is 13.7. The van der Waals surface area contributed by atoms with E-state index in [1.54, 1.807) is 6.20 Å². The Balaban J connectivity index is 2.04. The molecule has 0 aliphatic heterocycles. The van der Waals surface area contributed by atoms with Crippen molar-refractivity contribution in [3.63, 3.8) is 0 Å². The van der Waals surface area contributed by atoms with Gasteiger partial charge in [-0.2, -0.15) is 0 Å².